The summed E-state index contributed by atoms with van der Waals surface area (Å²) in [6, 6.07) is 4.61. The van der Waals surface area contributed by atoms with Crippen LogP contribution in [0.5, 0.6) is 5.75 Å². The van der Waals surface area contributed by atoms with E-state index < -0.39 is 0 Å². The van der Waals surface area contributed by atoms with Crippen LogP contribution in [0.1, 0.15) is 29.5 Å². The molecule has 0 amide bonds. The van der Waals surface area contributed by atoms with Gasteiger partial charge in [-0.3, -0.25) is 0 Å². The van der Waals surface area contributed by atoms with Crippen LogP contribution in [0, 0.1) is 6.92 Å². The third kappa shape index (κ3) is 1.54. The molecule has 1 aromatic rings. The lowest BCUT2D eigenvalue weighted by Gasteiger charge is -2.36. The molecule has 3 nitrogen and oxygen atoms in total. The highest BCUT2D eigenvalue weighted by Gasteiger charge is 2.51. The van der Waals surface area contributed by atoms with Crippen molar-refractivity contribution >= 4 is 0 Å². The largest absolute Gasteiger partial charge is 0.488 e. The fraction of sp³-hybridized carbons (Fsp3) is 0.529. The van der Waals surface area contributed by atoms with E-state index in [4.69, 9.17) is 10.5 Å². The van der Waals surface area contributed by atoms with E-state index >= 15 is 0 Å². The summed E-state index contributed by atoms with van der Waals surface area (Å²) in [7, 11) is 2.21. The second-order valence-electron chi connectivity index (χ2n) is 6.64. The predicted molar refractivity (Wildman–Crippen MR) is 80.0 cm³/mol. The van der Waals surface area contributed by atoms with Gasteiger partial charge in [-0.2, -0.15) is 0 Å². The number of rotatable bonds is 0. The van der Waals surface area contributed by atoms with Gasteiger partial charge in [0.2, 0.25) is 0 Å². The van der Waals surface area contributed by atoms with Crippen molar-refractivity contribution in [2.24, 2.45) is 5.73 Å². The van der Waals surface area contributed by atoms with Gasteiger partial charge in [0.25, 0.3) is 0 Å². The number of ether oxygens (including phenoxy) is 1. The molecular weight excluding hydrogens is 248 g/mol. The van der Waals surface area contributed by atoms with Crippen LogP contribution in [0.2, 0.25) is 0 Å². The Morgan fingerprint density at radius 3 is 3.10 bits per heavy atom. The van der Waals surface area contributed by atoms with Crippen molar-refractivity contribution in [3.8, 4) is 5.75 Å². The van der Waals surface area contributed by atoms with E-state index in [1.54, 1.807) is 0 Å². The maximum atomic E-state index is 6.37. The first kappa shape index (κ1) is 12.4. The van der Waals surface area contributed by atoms with Gasteiger partial charge in [-0.15, -0.1) is 0 Å². The van der Waals surface area contributed by atoms with E-state index in [1.165, 1.54) is 16.7 Å². The van der Waals surface area contributed by atoms with Gasteiger partial charge in [0, 0.05) is 24.6 Å². The summed E-state index contributed by atoms with van der Waals surface area (Å²) >= 11 is 0. The molecule has 3 heteroatoms. The summed E-state index contributed by atoms with van der Waals surface area (Å²) in [5.41, 5.74) is 10.3. The molecular formula is C17H22N2O. The summed E-state index contributed by atoms with van der Waals surface area (Å²) < 4.78 is 6.37. The minimum absolute atomic E-state index is 0.0529. The molecule has 0 fully saturated rings. The van der Waals surface area contributed by atoms with Crippen molar-refractivity contribution in [2.45, 2.75) is 43.9 Å². The Balaban J connectivity index is 1.96. The average Bonchev–Trinajstić information content (AvgIpc) is 2.68. The highest BCUT2D eigenvalue weighted by atomic mass is 16.5. The van der Waals surface area contributed by atoms with E-state index in [0.717, 1.165) is 31.7 Å². The van der Waals surface area contributed by atoms with Crippen LogP contribution in [0.3, 0.4) is 0 Å². The molecule has 0 saturated heterocycles. The van der Waals surface area contributed by atoms with Gasteiger partial charge < -0.3 is 15.4 Å². The van der Waals surface area contributed by atoms with E-state index in [2.05, 4.69) is 43.2 Å². The fourth-order valence-electron chi connectivity index (χ4n) is 4.12. The summed E-state index contributed by atoms with van der Waals surface area (Å²) in [6.45, 7) is 4.27. The smallest absolute Gasteiger partial charge is 0.127 e. The molecule has 2 heterocycles. The Hall–Kier alpha value is -1.32. The molecule has 1 aromatic carbocycles. The van der Waals surface area contributed by atoms with Crippen LogP contribution >= 0.6 is 0 Å². The molecule has 106 valence electrons. The zero-order valence-electron chi connectivity index (χ0n) is 12.2. The standard InChI is InChI=1S/C17H22N2O/c1-11-3-4-12-10-19(2)8-7-17-6-5-13(18)9-14(17)20-16(11)15(12)17/h3-6,13-14H,7-10,18H2,1-2H3/t13?,14?,17-/m0/s1. The molecule has 1 aliphatic carbocycles. The molecule has 0 saturated carbocycles. The molecule has 2 unspecified atom stereocenters. The molecule has 0 aromatic heterocycles. The first-order valence-electron chi connectivity index (χ1n) is 7.53. The van der Waals surface area contributed by atoms with Crippen molar-refractivity contribution in [1.29, 1.82) is 0 Å². The van der Waals surface area contributed by atoms with E-state index in [-0.39, 0.29) is 17.6 Å². The Morgan fingerprint density at radius 2 is 2.25 bits per heavy atom. The van der Waals surface area contributed by atoms with Crippen LogP contribution in [0.15, 0.2) is 24.3 Å². The lowest BCUT2D eigenvalue weighted by atomic mass is 9.68. The van der Waals surface area contributed by atoms with Gasteiger partial charge in [-0.05, 0) is 38.1 Å². The van der Waals surface area contributed by atoms with E-state index in [1.807, 2.05) is 0 Å². The van der Waals surface area contributed by atoms with Crippen LogP contribution in [0.4, 0.5) is 0 Å². The number of nitrogens with zero attached hydrogens (tertiary/aromatic N) is 1. The predicted octanol–water partition coefficient (Wildman–Crippen LogP) is 2.12. The Morgan fingerprint density at radius 1 is 1.40 bits per heavy atom. The van der Waals surface area contributed by atoms with Crippen molar-refractivity contribution < 1.29 is 4.74 Å². The monoisotopic (exact) mass is 270 g/mol. The molecule has 3 aliphatic rings. The van der Waals surface area contributed by atoms with Crippen LogP contribution < -0.4 is 10.5 Å². The number of hydrogen-bond donors (Lipinski definition) is 1. The number of nitrogens with two attached hydrogens (primary N) is 1. The normalized spacial score (nSPS) is 35.1. The van der Waals surface area contributed by atoms with Crippen molar-refractivity contribution in [2.75, 3.05) is 13.6 Å². The molecule has 0 radical (unpaired) electrons. The maximum Gasteiger partial charge on any atom is 0.127 e. The first-order valence-corrected chi connectivity index (χ1v) is 7.53. The molecule has 4 rings (SSSR count). The molecule has 0 bridgehead atoms. The minimum Gasteiger partial charge on any atom is -0.488 e. The Bertz CT molecular complexity index is 595. The van der Waals surface area contributed by atoms with Gasteiger partial charge in [-0.25, -0.2) is 0 Å². The van der Waals surface area contributed by atoms with Gasteiger partial charge >= 0.3 is 0 Å². The first-order chi connectivity index (χ1) is 9.60. The second kappa shape index (κ2) is 4.09. The zero-order chi connectivity index (χ0) is 13.9. The lowest BCUT2D eigenvalue weighted by Crippen LogP contribution is -2.44. The maximum absolute atomic E-state index is 6.37. The van der Waals surface area contributed by atoms with Crippen LogP contribution in [-0.4, -0.2) is 30.6 Å². The highest BCUT2D eigenvalue weighted by Crippen LogP contribution is 2.53. The lowest BCUT2D eigenvalue weighted by molar-refractivity contribution is 0.137. The van der Waals surface area contributed by atoms with Crippen molar-refractivity contribution in [1.82, 2.24) is 4.90 Å². The van der Waals surface area contributed by atoms with Crippen molar-refractivity contribution in [3.63, 3.8) is 0 Å². The summed E-state index contributed by atoms with van der Waals surface area (Å²) in [6.07, 6.45) is 6.80. The third-order valence-corrected chi connectivity index (χ3v) is 5.22. The molecule has 1 spiro atoms. The molecule has 2 N–H and O–H groups in total. The minimum atomic E-state index is 0.0529. The van der Waals surface area contributed by atoms with Gasteiger partial charge in [-0.1, -0.05) is 24.3 Å². The number of benzene rings is 1. The molecule has 3 atom stereocenters. The summed E-state index contributed by atoms with van der Waals surface area (Å²) in [4.78, 5) is 2.41. The van der Waals surface area contributed by atoms with Gasteiger partial charge in [0.05, 0.1) is 5.41 Å². The zero-order valence-corrected chi connectivity index (χ0v) is 12.2. The number of aryl methyl sites for hydroxylation is 1. The second-order valence-corrected chi connectivity index (χ2v) is 6.64. The van der Waals surface area contributed by atoms with E-state index in [9.17, 15) is 0 Å². The van der Waals surface area contributed by atoms with Gasteiger partial charge in [0.1, 0.15) is 11.9 Å². The average molecular weight is 270 g/mol. The third-order valence-electron chi connectivity index (χ3n) is 5.22. The van der Waals surface area contributed by atoms with E-state index in [0.29, 0.717) is 0 Å². The SMILES string of the molecule is Cc1ccc2c3c1OC1CC(N)C=C[C@@]31CCN(C)C2. The van der Waals surface area contributed by atoms with Gasteiger partial charge in [0.15, 0.2) is 0 Å². The fourth-order valence-corrected chi connectivity index (χ4v) is 4.12. The summed E-state index contributed by atoms with van der Waals surface area (Å²) in [5, 5.41) is 0. The Labute approximate surface area is 120 Å². The topological polar surface area (TPSA) is 38.5 Å². The van der Waals surface area contributed by atoms with Crippen LogP contribution in [-0.2, 0) is 12.0 Å². The molecule has 2 aliphatic heterocycles. The molecule has 20 heavy (non-hydrogen) atoms. The Kier molecular flexibility index (Phi) is 2.54. The highest BCUT2D eigenvalue weighted by molar-refractivity contribution is 5.58. The number of hydrogen-bond acceptors (Lipinski definition) is 3. The quantitative estimate of drug-likeness (QED) is 0.734. The summed E-state index contributed by atoms with van der Waals surface area (Å²) in [5.74, 6) is 1.13. The van der Waals surface area contributed by atoms with Crippen LogP contribution in [0.25, 0.3) is 0 Å². The van der Waals surface area contributed by atoms with Crippen molar-refractivity contribution in [3.05, 3.63) is 41.0 Å².